The van der Waals surface area contributed by atoms with Gasteiger partial charge in [-0.05, 0) is 33.3 Å². The quantitative estimate of drug-likeness (QED) is 0.906. The molecule has 1 saturated heterocycles. The second-order valence-electron chi connectivity index (χ2n) is 5.80. The molecule has 0 saturated carbocycles. The number of rotatable bonds is 2. The number of hydrogen-bond acceptors (Lipinski definition) is 5. The maximum atomic E-state index is 5.99. The second-order valence-corrected chi connectivity index (χ2v) is 5.80. The van der Waals surface area contributed by atoms with Crippen LogP contribution >= 0.6 is 0 Å². The van der Waals surface area contributed by atoms with Crippen LogP contribution in [0.25, 0.3) is 11.0 Å². The predicted octanol–water partition coefficient (Wildman–Crippen LogP) is 1.86. The molecule has 2 N–H and O–H groups in total. The molecular weight excluding hydrogens is 256 g/mol. The minimum atomic E-state index is -0.541. The zero-order chi connectivity index (χ0) is 14.5. The molecule has 0 amide bonds. The predicted molar refractivity (Wildman–Crippen MR) is 76.2 cm³/mol. The maximum Gasteiger partial charge on any atom is 0.163 e. The molecule has 0 unspecified atom stereocenters. The molecule has 0 bridgehead atoms. The number of fused-ring (bicyclic) bond motifs is 1. The summed E-state index contributed by atoms with van der Waals surface area (Å²) in [4.78, 5) is 8.64. The van der Waals surface area contributed by atoms with E-state index in [1.165, 1.54) is 0 Å². The van der Waals surface area contributed by atoms with Crippen LogP contribution in [0.3, 0.4) is 0 Å². The average molecular weight is 276 g/mol. The van der Waals surface area contributed by atoms with Gasteiger partial charge in [0.25, 0.3) is 0 Å². The van der Waals surface area contributed by atoms with E-state index in [9.17, 15) is 0 Å². The molecule has 0 aliphatic carbocycles. The number of nitrogen functional groups attached to an aromatic ring is 1. The number of nitrogens with two attached hydrogens (primary N) is 1. The summed E-state index contributed by atoms with van der Waals surface area (Å²) in [6.07, 6.45) is 3.54. The third kappa shape index (κ3) is 2.14. The Bertz CT molecular complexity index is 650. The van der Waals surface area contributed by atoms with Gasteiger partial charge in [-0.15, -0.1) is 0 Å². The van der Waals surface area contributed by atoms with E-state index in [-0.39, 0.29) is 12.2 Å². The third-order valence-corrected chi connectivity index (χ3v) is 3.66. The highest BCUT2D eigenvalue weighted by Crippen LogP contribution is 2.30. The summed E-state index contributed by atoms with van der Waals surface area (Å²) in [6, 6.07) is 0. The molecule has 6 nitrogen and oxygen atoms in total. The molecule has 2 aromatic heterocycles. The topological polar surface area (TPSA) is 75.2 Å². The Labute approximate surface area is 117 Å². The summed E-state index contributed by atoms with van der Waals surface area (Å²) < 4.78 is 13.7. The summed E-state index contributed by atoms with van der Waals surface area (Å²) in [5, 5.41) is 0. The first kappa shape index (κ1) is 13.3. The lowest BCUT2D eigenvalue weighted by Crippen LogP contribution is -2.25. The number of aryl methyl sites for hydroxylation is 1. The van der Waals surface area contributed by atoms with Crippen molar-refractivity contribution in [2.24, 2.45) is 0 Å². The van der Waals surface area contributed by atoms with E-state index in [4.69, 9.17) is 15.2 Å². The van der Waals surface area contributed by atoms with Crippen molar-refractivity contribution < 1.29 is 9.47 Å². The number of ether oxygens (including phenoxy) is 2. The Balaban J connectivity index is 1.94. The van der Waals surface area contributed by atoms with Gasteiger partial charge in [-0.1, -0.05) is 0 Å². The Morgan fingerprint density at radius 3 is 2.75 bits per heavy atom. The van der Waals surface area contributed by atoms with Gasteiger partial charge in [0.2, 0.25) is 0 Å². The van der Waals surface area contributed by atoms with Crippen LogP contribution in [0.1, 0.15) is 26.3 Å². The molecule has 3 rings (SSSR count). The van der Waals surface area contributed by atoms with Gasteiger partial charge in [-0.25, -0.2) is 9.97 Å². The molecule has 2 aromatic rings. The summed E-state index contributed by atoms with van der Waals surface area (Å²) in [5.41, 5.74) is 8.77. The van der Waals surface area contributed by atoms with Gasteiger partial charge >= 0.3 is 0 Å². The Morgan fingerprint density at radius 2 is 2.10 bits per heavy atom. The van der Waals surface area contributed by atoms with Crippen LogP contribution in [-0.2, 0) is 16.0 Å². The number of aromatic nitrogens is 3. The molecule has 0 aromatic carbocycles. The highest BCUT2D eigenvalue weighted by Gasteiger charge is 2.38. The molecule has 1 aliphatic rings. The highest BCUT2D eigenvalue weighted by atomic mass is 16.7. The SMILES string of the molecule is Cc1cnc(N)c2c1ncn2C[C@@H]1OC(C)(C)O[C@@H]1C. The van der Waals surface area contributed by atoms with Gasteiger partial charge in [-0.3, -0.25) is 0 Å². The second kappa shape index (κ2) is 4.43. The first-order chi connectivity index (χ1) is 9.37. The molecule has 0 radical (unpaired) electrons. The van der Waals surface area contributed by atoms with Crippen molar-refractivity contribution in [3.63, 3.8) is 0 Å². The van der Waals surface area contributed by atoms with Crippen molar-refractivity contribution in [1.29, 1.82) is 0 Å². The fourth-order valence-electron chi connectivity index (χ4n) is 2.76. The van der Waals surface area contributed by atoms with E-state index < -0.39 is 5.79 Å². The monoisotopic (exact) mass is 276 g/mol. The molecule has 2 atom stereocenters. The number of hydrogen-bond donors (Lipinski definition) is 1. The van der Waals surface area contributed by atoms with Gasteiger partial charge in [0, 0.05) is 6.20 Å². The maximum absolute atomic E-state index is 5.99. The largest absolute Gasteiger partial charge is 0.382 e. The number of nitrogens with zero attached hydrogens (tertiary/aromatic N) is 3. The highest BCUT2D eigenvalue weighted by molar-refractivity contribution is 5.87. The molecule has 20 heavy (non-hydrogen) atoms. The number of imidazole rings is 1. The molecule has 6 heteroatoms. The van der Waals surface area contributed by atoms with E-state index in [2.05, 4.69) is 9.97 Å². The van der Waals surface area contributed by atoms with E-state index in [1.54, 1.807) is 12.5 Å². The number of pyridine rings is 1. The fraction of sp³-hybridized carbons (Fsp3) is 0.571. The minimum Gasteiger partial charge on any atom is -0.382 e. The van der Waals surface area contributed by atoms with Gasteiger partial charge in [0.1, 0.15) is 17.4 Å². The molecule has 1 aliphatic heterocycles. The average Bonchev–Trinajstić information content (AvgIpc) is 2.87. The van der Waals surface area contributed by atoms with Crippen LogP contribution in [0.4, 0.5) is 5.82 Å². The van der Waals surface area contributed by atoms with Crippen molar-refractivity contribution in [2.45, 2.75) is 52.2 Å². The lowest BCUT2D eigenvalue weighted by Gasteiger charge is -2.17. The van der Waals surface area contributed by atoms with Crippen LogP contribution in [0.15, 0.2) is 12.5 Å². The van der Waals surface area contributed by atoms with Crippen molar-refractivity contribution in [3.05, 3.63) is 18.1 Å². The smallest absolute Gasteiger partial charge is 0.163 e. The van der Waals surface area contributed by atoms with Crippen molar-refractivity contribution in [1.82, 2.24) is 14.5 Å². The Hall–Kier alpha value is -1.66. The Morgan fingerprint density at radius 1 is 1.35 bits per heavy atom. The zero-order valence-electron chi connectivity index (χ0n) is 12.3. The fourth-order valence-corrected chi connectivity index (χ4v) is 2.76. The molecular formula is C14H20N4O2. The van der Waals surface area contributed by atoms with E-state index >= 15 is 0 Å². The standard InChI is InChI=1S/C14H20N4O2/c1-8-5-16-13(15)12-11(8)17-7-18(12)6-10-9(2)19-14(3,4)20-10/h5,7,9-10H,6H2,1-4H3,(H2,15,16)/t9-,10+/m1/s1. The van der Waals surface area contributed by atoms with Crippen LogP contribution in [-0.4, -0.2) is 32.5 Å². The van der Waals surface area contributed by atoms with Crippen LogP contribution < -0.4 is 5.73 Å². The van der Waals surface area contributed by atoms with Crippen LogP contribution in [0, 0.1) is 6.92 Å². The van der Waals surface area contributed by atoms with Gasteiger partial charge in [0.15, 0.2) is 5.79 Å². The molecule has 1 fully saturated rings. The van der Waals surface area contributed by atoms with E-state index in [0.29, 0.717) is 12.4 Å². The van der Waals surface area contributed by atoms with Crippen molar-refractivity contribution in [2.75, 3.05) is 5.73 Å². The zero-order valence-corrected chi connectivity index (χ0v) is 12.3. The van der Waals surface area contributed by atoms with Crippen molar-refractivity contribution >= 4 is 16.9 Å². The summed E-state index contributed by atoms with van der Waals surface area (Å²) in [6.45, 7) is 8.50. The summed E-state index contributed by atoms with van der Waals surface area (Å²) in [7, 11) is 0. The first-order valence-corrected chi connectivity index (χ1v) is 6.79. The Kier molecular flexibility index (Phi) is 2.95. The van der Waals surface area contributed by atoms with Gasteiger partial charge in [-0.2, -0.15) is 0 Å². The summed E-state index contributed by atoms with van der Waals surface area (Å²) >= 11 is 0. The first-order valence-electron chi connectivity index (χ1n) is 6.79. The number of anilines is 1. The molecule has 3 heterocycles. The normalized spacial score (nSPS) is 25.4. The van der Waals surface area contributed by atoms with Gasteiger partial charge in [0.05, 0.1) is 24.5 Å². The van der Waals surface area contributed by atoms with Crippen molar-refractivity contribution in [3.8, 4) is 0 Å². The third-order valence-electron chi connectivity index (χ3n) is 3.66. The minimum absolute atomic E-state index is 0.0256. The lowest BCUT2D eigenvalue weighted by molar-refractivity contribution is -0.145. The van der Waals surface area contributed by atoms with E-state index in [1.807, 2.05) is 32.3 Å². The lowest BCUT2D eigenvalue weighted by atomic mass is 10.2. The van der Waals surface area contributed by atoms with Crippen LogP contribution in [0.2, 0.25) is 0 Å². The summed E-state index contributed by atoms with van der Waals surface area (Å²) in [5.74, 6) is -0.0471. The van der Waals surface area contributed by atoms with Crippen LogP contribution in [0.5, 0.6) is 0 Å². The van der Waals surface area contributed by atoms with E-state index in [0.717, 1.165) is 16.6 Å². The molecule has 108 valence electrons. The van der Waals surface area contributed by atoms with Gasteiger partial charge < -0.3 is 19.8 Å². The molecule has 0 spiro atoms.